The van der Waals surface area contributed by atoms with Crippen molar-refractivity contribution in [1.29, 1.82) is 0 Å². The molecule has 2 amide bonds. The van der Waals surface area contributed by atoms with Crippen LogP contribution in [0.5, 0.6) is 0 Å². The highest BCUT2D eigenvalue weighted by molar-refractivity contribution is 8.05. The molecule has 1 fully saturated rings. The van der Waals surface area contributed by atoms with Crippen LogP contribution in [0.2, 0.25) is 0 Å². The van der Waals surface area contributed by atoms with E-state index in [4.69, 9.17) is 0 Å². The first-order valence-corrected chi connectivity index (χ1v) is 9.31. The zero-order valence-corrected chi connectivity index (χ0v) is 14.9. The maximum atomic E-state index is 12.4. The zero-order chi connectivity index (χ0) is 17.1. The fourth-order valence-electron chi connectivity index (χ4n) is 2.96. The quantitative estimate of drug-likeness (QED) is 0.679. The molecule has 1 saturated heterocycles. The summed E-state index contributed by atoms with van der Waals surface area (Å²) in [6, 6.07) is -0.0562. The van der Waals surface area contributed by atoms with Gasteiger partial charge in [-0.1, -0.05) is 25.6 Å². The smallest absolute Gasteiger partial charge is 0.353 e. The third kappa shape index (κ3) is 3.58. The van der Waals surface area contributed by atoms with Crippen molar-refractivity contribution < 1.29 is 19.5 Å². The number of carboxylic acid groups (broad SMARTS) is 1. The molecule has 2 rings (SSSR count). The van der Waals surface area contributed by atoms with Crippen molar-refractivity contribution in [2.24, 2.45) is 5.92 Å². The van der Waals surface area contributed by atoms with E-state index in [0.29, 0.717) is 11.3 Å². The number of β-lactam (4-membered cyclic amide) rings is 1. The van der Waals surface area contributed by atoms with E-state index in [1.165, 1.54) is 29.8 Å². The van der Waals surface area contributed by atoms with Gasteiger partial charge in [-0.2, -0.15) is 11.8 Å². The molecule has 0 radical (unpaired) electrons. The number of hydrogen-bond acceptors (Lipinski definition) is 5. The Hall–Kier alpha value is -1.41. The largest absolute Gasteiger partial charge is 0.477 e. The van der Waals surface area contributed by atoms with Crippen LogP contribution in [0.3, 0.4) is 0 Å². The van der Waals surface area contributed by atoms with E-state index in [9.17, 15) is 19.5 Å². The third-order valence-electron chi connectivity index (χ3n) is 3.87. The lowest BCUT2D eigenvalue weighted by atomic mass is 9.85. The molecule has 2 N–H and O–H groups in total. The van der Waals surface area contributed by atoms with E-state index < -0.39 is 5.97 Å². The van der Waals surface area contributed by atoms with Gasteiger partial charge in [0.15, 0.2) is 0 Å². The summed E-state index contributed by atoms with van der Waals surface area (Å²) in [5.74, 6) is -0.553. The normalized spacial score (nSPS) is 24.7. The van der Waals surface area contributed by atoms with E-state index in [2.05, 4.69) is 5.32 Å². The first kappa shape index (κ1) is 17.9. The Balaban J connectivity index is 2.11. The molecule has 2 heterocycles. The van der Waals surface area contributed by atoms with Crippen molar-refractivity contribution in [3.63, 3.8) is 0 Å². The molecule has 0 spiro atoms. The molecule has 0 aliphatic carbocycles. The number of nitrogens with zero attached hydrogens (tertiary/aromatic N) is 1. The maximum Gasteiger partial charge on any atom is 0.353 e. The van der Waals surface area contributed by atoms with Crippen molar-refractivity contribution in [2.75, 3.05) is 5.75 Å². The van der Waals surface area contributed by atoms with Crippen LogP contribution in [0.15, 0.2) is 22.2 Å². The Bertz CT molecular complexity index is 588. The van der Waals surface area contributed by atoms with E-state index in [0.717, 1.165) is 5.75 Å². The molecule has 8 heteroatoms. The molecule has 2 aliphatic rings. The summed E-state index contributed by atoms with van der Waals surface area (Å²) < 4.78 is 0. The van der Waals surface area contributed by atoms with Gasteiger partial charge in [-0.15, -0.1) is 0 Å². The van der Waals surface area contributed by atoms with Gasteiger partial charge in [0.25, 0.3) is 0 Å². The monoisotopic (exact) mass is 356 g/mol. The fourth-order valence-corrected chi connectivity index (χ4v) is 4.85. The van der Waals surface area contributed by atoms with E-state index >= 15 is 0 Å². The number of aliphatic carboxylic acids is 1. The van der Waals surface area contributed by atoms with Crippen molar-refractivity contribution >= 4 is 41.3 Å². The minimum absolute atomic E-state index is 0.0562. The summed E-state index contributed by atoms with van der Waals surface area (Å²) >= 11 is 2.96. The van der Waals surface area contributed by atoms with E-state index in [-0.39, 0.29) is 34.7 Å². The predicted molar refractivity (Wildman–Crippen MR) is 91.5 cm³/mol. The standard InChI is InChI=1S/C15H20N2O4S2/c1-4-22-8(2)12-10-7-11(23-6-5-16-9(3)18)13(15(20)21)17(10)14(12)19/h5-6,8,10,12H,4,7H2,1-3H3,(H,16,18)(H,20,21)/b6-5+/t8?,10-,12-/m1/s1. The minimum Gasteiger partial charge on any atom is -0.477 e. The molecule has 0 bridgehead atoms. The molecule has 3 atom stereocenters. The number of carboxylic acids is 1. The molecule has 23 heavy (non-hydrogen) atoms. The average molecular weight is 356 g/mol. The molecule has 126 valence electrons. The lowest BCUT2D eigenvalue weighted by molar-refractivity contribution is -0.154. The highest BCUT2D eigenvalue weighted by Gasteiger charge is 2.56. The Morgan fingerprint density at radius 3 is 2.78 bits per heavy atom. The molecular weight excluding hydrogens is 336 g/mol. The van der Waals surface area contributed by atoms with Crippen LogP contribution >= 0.6 is 23.5 Å². The van der Waals surface area contributed by atoms with Crippen molar-refractivity contribution in [2.45, 2.75) is 38.5 Å². The number of carbonyl (C=O) groups is 3. The third-order valence-corrected chi connectivity index (χ3v) is 5.94. The summed E-state index contributed by atoms with van der Waals surface area (Å²) in [5.41, 5.74) is 0.0856. The summed E-state index contributed by atoms with van der Waals surface area (Å²) in [6.45, 7) is 5.47. The summed E-state index contributed by atoms with van der Waals surface area (Å²) in [6.07, 6.45) is 2.03. The highest BCUT2D eigenvalue weighted by atomic mass is 32.2. The predicted octanol–water partition coefficient (Wildman–Crippen LogP) is 2.00. The number of amides is 2. The second-order valence-corrected chi connectivity index (χ2v) is 8.02. The Labute approximate surface area is 143 Å². The number of thioether (sulfide) groups is 2. The summed E-state index contributed by atoms with van der Waals surface area (Å²) in [4.78, 5) is 36.8. The topological polar surface area (TPSA) is 86.7 Å². The van der Waals surface area contributed by atoms with Crippen LogP contribution in [0.4, 0.5) is 0 Å². The van der Waals surface area contributed by atoms with Crippen LogP contribution in [-0.2, 0) is 14.4 Å². The molecule has 0 aromatic heterocycles. The molecule has 1 unspecified atom stereocenters. The van der Waals surface area contributed by atoms with Crippen molar-refractivity contribution in [3.8, 4) is 0 Å². The summed E-state index contributed by atoms with van der Waals surface area (Å²) in [5, 5.41) is 13.8. The maximum absolute atomic E-state index is 12.4. The van der Waals surface area contributed by atoms with Crippen LogP contribution < -0.4 is 5.32 Å². The number of nitrogens with one attached hydrogen (secondary N) is 1. The first-order valence-electron chi connectivity index (χ1n) is 7.38. The van der Waals surface area contributed by atoms with Crippen molar-refractivity contribution in [3.05, 3.63) is 22.2 Å². The van der Waals surface area contributed by atoms with Crippen LogP contribution in [0, 0.1) is 5.92 Å². The Kier molecular flexibility index (Phi) is 5.80. The fraction of sp³-hybridized carbons (Fsp3) is 0.533. The zero-order valence-electron chi connectivity index (χ0n) is 13.2. The first-order chi connectivity index (χ1) is 10.9. The van der Waals surface area contributed by atoms with Gasteiger partial charge in [-0.25, -0.2) is 4.79 Å². The van der Waals surface area contributed by atoms with Gasteiger partial charge in [0.1, 0.15) is 5.70 Å². The second-order valence-electron chi connectivity index (χ2n) is 5.36. The van der Waals surface area contributed by atoms with E-state index in [1.807, 2.05) is 13.8 Å². The molecule has 6 nitrogen and oxygen atoms in total. The average Bonchev–Trinajstić information content (AvgIpc) is 2.78. The molecule has 0 aromatic rings. The van der Waals surface area contributed by atoms with Crippen LogP contribution in [-0.4, -0.2) is 44.8 Å². The molecule has 0 aromatic carbocycles. The number of hydrogen-bond donors (Lipinski definition) is 2. The van der Waals surface area contributed by atoms with Gasteiger partial charge in [-0.05, 0) is 11.2 Å². The Morgan fingerprint density at radius 1 is 1.52 bits per heavy atom. The molecular formula is C15H20N2O4S2. The number of fused-ring (bicyclic) bond motifs is 1. The Morgan fingerprint density at radius 2 is 2.22 bits per heavy atom. The SMILES string of the molecule is CCSC(C)[C@H]1C(=O)N2C(C(=O)O)=C(S/C=C/NC(C)=O)C[C@H]12. The highest BCUT2D eigenvalue weighted by Crippen LogP contribution is 2.48. The van der Waals surface area contributed by atoms with Crippen molar-refractivity contribution in [1.82, 2.24) is 10.2 Å². The van der Waals surface area contributed by atoms with Gasteiger partial charge in [-0.3, -0.25) is 9.59 Å². The second kappa shape index (κ2) is 7.44. The summed E-state index contributed by atoms with van der Waals surface area (Å²) in [7, 11) is 0. The van der Waals surface area contributed by atoms with Gasteiger partial charge in [0, 0.05) is 29.7 Å². The molecule has 0 saturated carbocycles. The van der Waals surface area contributed by atoms with Gasteiger partial charge in [0.05, 0.1) is 12.0 Å². The van der Waals surface area contributed by atoms with Gasteiger partial charge < -0.3 is 15.3 Å². The van der Waals surface area contributed by atoms with Crippen LogP contribution in [0.25, 0.3) is 0 Å². The van der Waals surface area contributed by atoms with Crippen LogP contribution in [0.1, 0.15) is 27.2 Å². The lowest BCUT2D eigenvalue weighted by Crippen LogP contribution is -2.61. The van der Waals surface area contributed by atoms with E-state index in [1.54, 1.807) is 17.2 Å². The minimum atomic E-state index is -1.08. The number of rotatable bonds is 7. The van der Waals surface area contributed by atoms with Gasteiger partial charge >= 0.3 is 5.97 Å². The molecule has 2 aliphatic heterocycles. The lowest BCUT2D eigenvalue weighted by Gasteiger charge is -2.45. The van der Waals surface area contributed by atoms with Gasteiger partial charge in [0.2, 0.25) is 11.8 Å². The number of carbonyl (C=O) groups excluding carboxylic acids is 2.